The van der Waals surface area contributed by atoms with E-state index >= 15 is 0 Å². The summed E-state index contributed by atoms with van der Waals surface area (Å²) in [5, 5.41) is 8.04. The Morgan fingerprint density at radius 3 is 2.52 bits per heavy atom. The molecule has 0 saturated heterocycles. The molecule has 0 spiro atoms. The highest BCUT2D eigenvalue weighted by molar-refractivity contribution is 5.86. The fourth-order valence-electron chi connectivity index (χ4n) is 2.13. The van der Waals surface area contributed by atoms with Crippen molar-refractivity contribution in [3.63, 3.8) is 0 Å². The number of H-pyrrole nitrogens is 1. The summed E-state index contributed by atoms with van der Waals surface area (Å²) >= 11 is 0. The molecule has 7 heteroatoms. The second-order valence-corrected chi connectivity index (χ2v) is 4.61. The molecular formula is C14H14F3N3O. The summed E-state index contributed by atoms with van der Waals surface area (Å²) in [4.78, 5) is 12.1. The van der Waals surface area contributed by atoms with Crippen molar-refractivity contribution in [3.8, 4) is 0 Å². The summed E-state index contributed by atoms with van der Waals surface area (Å²) in [5.74, 6) is -1.26. The molecule has 0 fully saturated rings. The minimum absolute atomic E-state index is 0.107. The number of halogens is 3. The largest absolute Gasteiger partial charge is 0.435 e. The second-order valence-electron chi connectivity index (χ2n) is 4.61. The first kappa shape index (κ1) is 15.1. The van der Waals surface area contributed by atoms with Crippen LogP contribution in [-0.4, -0.2) is 23.2 Å². The predicted octanol–water partition coefficient (Wildman–Crippen LogP) is 2.61. The van der Waals surface area contributed by atoms with Gasteiger partial charge in [-0.2, -0.15) is 18.3 Å². The van der Waals surface area contributed by atoms with E-state index < -0.39 is 23.7 Å². The average molecular weight is 297 g/mol. The lowest BCUT2D eigenvalue weighted by atomic mass is 9.91. The lowest BCUT2D eigenvalue weighted by molar-refractivity contribution is -0.141. The van der Waals surface area contributed by atoms with Gasteiger partial charge in [0, 0.05) is 7.05 Å². The van der Waals surface area contributed by atoms with Crippen LogP contribution in [0.1, 0.15) is 28.4 Å². The normalized spacial score (nSPS) is 13.0. The van der Waals surface area contributed by atoms with Gasteiger partial charge in [0.05, 0.1) is 5.69 Å². The van der Waals surface area contributed by atoms with Crippen LogP contribution in [0.15, 0.2) is 30.3 Å². The summed E-state index contributed by atoms with van der Waals surface area (Å²) in [7, 11) is 1.44. The minimum Gasteiger partial charge on any atom is -0.358 e. The quantitative estimate of drug-likeness (QED) is 0.915. The van der Waals surface area contributed by atoms with Crippen LogP contribution >= 0.6 is 0 Å². The van der Waals surface area contributed by atoms with E-state index in [9.17, 15) is 18.0 Å². The van der Waals surface area contributed by atoms with E-state index in [-0.39, 0.29) is 5.69 Å². The van der Waals surface area contributed by atoms with Gasteiger partial charge in [0.25, 0.3) is 0 Å². The first-order chi connectivity index (χ1) is 9.84. The third-order valence-corrected chi connectivity index (χ3v) is 3.21. The summed E-state index contributed by atoms with van der Waals surface area (Å²) < 4.78 is 37.9. The number of rotatable bonds is 3. The van der Waals surface area contributed by atoms with Crippen LogP contribution in [0.4, 0.5) is 13.2 Å². The maximum absolute atomic E-state index is 12.6. The zero-order chi connectivity index (χ0) is 15.6. The van der Waals surface area contributed by atoms with Gasteiger partial charge in [-0.3, -0.25) is 9.89 Å². The van der Waals surface area contributed by atoms with Gasteiger partial charge in [-0.15, -0.1) is 0 Å². The molecule has 2 rings (SSSR count). The van der Waals surface area contributed by atoms with Crippen molar-refractivity contribution in [2.24, 2.45) is 0 Å². The number of likely N-dealkylation sites (N-methyl/N-ethyl adjacent to an activating group) is 1. The molecule has 1 aromatic carbocycles. The molecule has 1 aromatic heterocycles. The zero-order valence-corrected chi connectivity index (χ0v) is 11.5. The molecule has 0 radical (unpaired) electrons. The van der Waals surface area contributed by atoms with Gasteiger partial charge < -0.3 is 5.32 Å². The number of alkyl halides is 3. The molecule has 2 aromatic rings. The van der Waals surface area contributed by atoms with Crippen molar-refractivity contribution in [3.05, 3.63) is 52.8 Å². The molecule has 2 N–H and O–H groups in total. The van der Waals surface area contributed by atoms with Crippen molar-refractivity contribution in [2.75, 3.05) is 7.05 Å². The number of carbonyl (C=O) groups is 1. The number of hydrogen-bond acceptors (Lipinski definition) is 2. The monoisotopic (exact) mass is 297 g/mol. The topological polar surface area (TPSA) is 57.8 Å². The van der Waals surface area contributed by atoms with E-state index in [4.69, 9.17) is 0 Å². The van der Waals surface area contributed by atoms with Crippen molar-refractivity contribution in [1.82, 2.24) is 15.5 Å². The number of aromatic nitrogens is 2. The molecule has 0 aliphatic heterocycles. The van der Waals surface area contributed by atoms with E-state index in [1.807, 2.05) is 0 Å². The van der Waals surface area contributed by atoms with Gasteiger partial charge in [-0.25, -0.2) is 0 Å². The molecule has 1 unspecified atom stereocenters. The molecular weight excluding hydrogens is 283 g/mol. The fourth-order valence-corrected chi connectivity index (χ4v) is 2.13. The minimum atomic E-state index is -4.55. The number of hydrogen-bond donors (Lipinski definition) is 2. The summed E-state index contributed by atoms with van der Waals surface area (Å²) in [6.45, 7) is 1.80. The average Bonchev–Trinajstić information content (AvgIpc) is 2.90. The molecule has 1 heterocycles. The van der Waals surface area contributed by atoms with Crippen LogP contribution in [0, 0.1) is 6.92 Å². The Kier molecular flexibility index (Phi) is 4.02. The molecule has 4 nitrogen and oxygen atoms in total. The predicted molar refractivity (Wildman–Crippen MR) is 70.7 cm³/mol. The number of nitrogens with zero attached hydrogens (tertiary/aromatic N) is 1. The van der Waals surface area contributed by atoms with Gasteiger partial charge in [-0.05, 0) is 24.1 Å². The number of aryl methyl sites for hydroxylation is 1. The van der Waals surface area contributed by atoms with Gasteiger partial charge in [-0.1, -0.05) is 24.3 Å². The van der Waals surface area contributed by atoms with Crippen LogP contribution in [0.5, 0.6) is 0 Å². The summed E-state index contributed by atoms with van der Waals surface area (Å²) in [5.41, 5.74) is 0.513. The van der Waals surface area contributed by atoms with E-state index in [0.717, 1.165) is 11.6 Å². The number of carbonyl (C=O) groups excluding carboxylic acids is 1. The second kappa shape index (κ2) is 5.59. The Balaban J connectivity index is 2.50. The first-order valence-electron chi connectivity index (χ1n) is 6.24. The van der Waals surface area contributed by atoms with Gasteiger partial charge >= 0.3 is 6.18 Å². The molecule has 0 aliphatic carbocycles. The molecule has 1 atom stereocenters. The highest BCUT2D eigenvalue weighted by Crippen LogP contribution is 2.32. The lowest BCUT2D eigenvalue weighted by Gasteiger charge is -2.16. The Bertz CT molecular complexity index is 649. The Morgan fingerprint density at radius 1 is 1.33 bits per heavy atom. The van der Waals surface area contributed by atoms with Crippen LogP contribution in [-0.2, 0) is 11.0 Å². The van der Waals surface area contributed by atoms with Crippen LogP contribution < -0.4 is 5.32 Å². The third-order valence-electron chi connectivity index (χ3n) is 3.21. The lowest BCUT2D eigenvalue weighted by Crippen LogP contribution is -2.27. The maximum atomic E-state index is 12.6. The standard InChI is InChI=1S/C14H14F3N3O/c1-8-5-3-4-6-9(8)12(13(21)18-2)10-7-11(20-19-10)14(15,16)17/h3-7,12H,1-2H3,(H,18,21)(H,19,20). The summed E-state index contributed by atoms with van der Waals surface area (Å²) in [6, 6.07) is 7.91. The molecule has 112 valence electrons. The molecule has 21 heavy (non-hydrogen) atoms. The van der Waals surface area contributed by atoms with E-state index in [0.29, 0.717) is 5.56 Å². The van der Waals surface area contributed by atoms with Crippen LogP contribution in [0.25, 0.3) is 0 Å². The van der Waals surface area contributed by atoms with Crippen molar-refractivity contribution in [1.29, 1.82) is 0 Å². The van der Waals surface area contributed by atoms with Crippen molar-refractivity contribution < 1.29 is 18.0 Å². The highest BCUT2D eigenvalue weighted by Gasteiger charge is 2.36. The molecule has 0 aliphatic rings. The number of benzene rings is 1. The number of amides is 1. The fraction of sp³-hybridized carbons (Fsp3) is 0.286. The Hall–Kier alpha value is -2.31. The molecule has 1 amide bonds. The maximum Gasteiger partial charge on any atom is 0.435 e. The number of nitrogens with one attached hydrogen (secondary N) is 2. The zero-order valence-electron chi connectivity index (χ0n) is 11.5. The van der Waals surface area contributed by atoms with E-state index in [1.165, 1.54) is 7.05 Å². The van der Waals surface area contributed by atoms with E-state index in [1.54, 1.807) is 31.2 Å². The molecule has 0 bridgehead atoms. The summed E-state index contributed by atoms with van der Waals surface area (Å²) in [6.07, 6.45) is -4.55. The van der Waals surface area contributed by atoms with E-state index in [2.05, 4.69) is 15.5 Å². The SMILES string of the molecule is CNC(=O)C(c1cc(C(F)(F)F)n[nH]1)c1ccccc1C. The van der Waals surface area contributed by atoms with Gasteiger partial charge in [0.1, 0.15) is 5.92 Å². The smallest absolute Gasteiger partial charge is 0.358 e. The van der Waals surface area contributed by atoms with Crippen molar-refractivity contribution in [2.45, 2.75) is 19.0 Å². The third kappa shape index (κ3) is 3.07. The Labute approximate surface area is 119 Å². The first-order valence-corrected chi connectivity index (χ1v) is 6.24. The Morgan fingerprint density at radius 2 is 2.00 bits per heavy atom. The molecule has 0 saturated carbocycles. The van der Waals surface area contributed by atoms with Gasteiger partial charge in [0.2, 0.25) is 5.91 Å². The van der Waals surface area contributed by atoms with Crippen molar-refractivity contribution >= 4 is 5.91 Å². The number of aromatic amines is 1. The van der Waals surface area contributed by atoms with Crippen LogP contribution in [0.2, 0.25) is 0 Å². The highest BCUT2D eigenvalue weighted by atomic mass is 19.4. The van der Waals surface area contributed by atoms with Crippen LogP contribution in [0.3, 0.4) is 0 Å². The van der Waals surface area contributed by atoms with Gasteiger partial charge in [0.15, 0.2) is 5.69 Å².